The van der Waals surface area contributed by atoms with E-state index in [1.807, 2.05) is 0 Å². The Labute approximate surface area is 128 Å². The summed E-state index contributed by atoms with van der Waals surface area (Å²) in [4.78, 5) is 23.4. The van der Waals surface area contributed by atoms with Crippen LogP contribution in [0.25, 0.3) is 0 Å². The number of likely N-dealkylation sites (N-methyl/N-ethyl adjacent to an activating group) is 1. The molecule has 1 atom stereocenters. The van der Waals surface area contributed by atoms with E-state index in [1.165, 1.54) is 25.9 Å². The third kappa shape index (κ3) is 3.78. The SMILES string of the molecule is CC(NS(=O)(=O)c1cc(C(=O)O)sc1Br)C(=O)N(C)C. The van der Waals surface area contributed by atoms with Gasteiger partial charge in [-0.05, 0) is 28.9 Å². The monoisotopic (exact) mass is 384 g/mol. The van der Waals surface area contributed by atoms with Crippen molar-refractivity contribution in [3.63, 3.8) is 0 Å². The van der Waals surface area contributed by atoms with Gasteiger partial charge in [0.1, 0.15) is 9.77 Å². The molecule has 1 unspecified atom stereocenters. The van der Waals surface area contributed by atoms with Crippen LogP contribution in [0.15, 0.2) is 14.7 Å². The molecular formula is C10H13BrN2O5S2. The van der Waals surface area contributed by atoms with Crippen molar-refractivity contribution in [3.05, 3.63) is 14.7 Å². The highest BCUT2D eigenvalue weighted by Gasteiger charge is 2.27. The lowest BCUT2D eigenvalue weighted by atomic mass is 10.3. The van der Waals surface area contributed by atoms with Crippen molar-refractivity contribution in [1.82, 2.24) is 9.62 Å². The fourth-order valence-electron chi connectivity index (χ4n) is 1.37. The Balaban J connectivity index is 3.06. The molecule has 112 valence electrons. The number of hydrogen-bond acceptors (Lipinski definition) is 5. The van der Waals surface area contributed by atoms with Crippen molar-refractivity contribution < 1.29 is 23.1 Å². The summed E-state index contributed by atoms with van der Waals surface area (Å²) in [6.07, 6.45) is 0. The van der Waals surface area contributed by atoms with E-state index in [9.17, 15) is 18.0 Å². The van der Waals surface area contributed by atoms with Crippen LogP contribution in [0.5, 0.6) is 0 Å². The van der Waals surface area contributed by atoms with E-state index < -0.39 is 27.9 Å². The van der Waals surface area contributed by atoms with Gasteiger partial charge in [-0.15, -0.1) is 11.3 Å². The molecule has 1 rings (SSSR count). The maximum absolute atomic E-state index is 12.1. The number of sulfonamides is 1. The second-order valence-electron chi connectivity index (χ2n) is 4.13. The molecule has 7 nitrogen and oxygen atoms in total. The fraction of sp³-hybridized carbons (Fsp3) is 0.400. The molecule has 1 aromatic rings. The summed E-state index contributed by atoms with van der Waals surface area (Å²) in [7, 11) is -0.959. The first kappa shape index (κ1) is 17.1. The van der Waals surface area contributed by atoms with Gasteiger partial charge in [-0.3, -0.25) is 4.79 Å². The van der Waals surface area contributed by atoms with Crippen LogP contribution in [0.3, 0.4) is 0 Å². The van der Waals surface area contributed by atoms with Gasteiger partial charge in [0.25, 0.3) is 0 Å². The fourth-order valence-corrected chi connectivity index (χ4v) is 4.97. The molecule has 0 saturated carbocycles. The second-order valence-corrected chi connectivity index (χ2v) is 8.18. The molecule has 0 aliphatic rings. The number of hydrogen-bond donors (Lipinski definition) is 2. The molecule has 0 aliphatic heterocycles. The van der Waals surface area contributed by atoms with Gasteiger partial charge >= 0.3 is 5.97 Å². The average Bonchev–Trinajstić information content (AvgIpc) is 2.70. The number of nitrogens with zero attached hydrogens (tertiary/aromatic N) is 1. The van der Waals surface area contributed by atoms with Crippen LogP contribution in [0.4, 0.5) is 0 Å². The Kier molecular flexibility index (Phi) is 5.30. The summed E-state index contributed by atoms with van der Waals surface area (Å²) in [5, 5.41) is 8.84. The molecular weight excluding hydrogens is 372 g/mol. The van der Waals surface area contributed by atoms with Crippen LogP contribution in [0, 0.1) is 0 Å². The molecule has 2 N–H and O–H groups in total. The van der Waals surface area contributed by atoms with E-state index >= 15 is 0 Å². The predicted molar refractivity (Wildman–Crippen MR) is 77.5 cm³/mol. The van der Waals surface area contributed by atoms with Gasteiger partial charge in [0.05, 0.1) is 9.83 Å². The van der Waals surface area contributed by atoms with Crippen molar-refractivity contribution in [2.75, 3.05) is 14.1 Å². The quantitative estimate of drug-likeness (QED) is 0.786. The van der Waals surface area contributed by atoms with Gasteiger partial charge in [-0.2, -0.15) is 4.72 Å². The number of nitrogens with one attached hydrogen (secondary N) is 1. The van der Waals surface area contributed by atoms with E-state index in [2.05, 4.69) is 20.7 Å². The van der Waals surface area contributed by atoms with Crippen LogP contribution in [0.1, 0.15) is 16.6 Å². The summed E-state index contributed by atoms with van der Waals surface area (Å²) in [5.41, 5.74) is 0. The Morgan fingerprint density at radius 1 is 1.45 bits per heavy atom. The molecule has 0 spiro atoms. The zero-order valence-corrected chi connectivity index (χ0v) is 14.1. The number of amides is 1. The van der Waals surface area contributed by atoms with Gasteiger partial charge in [-0.1, -0.05) is 0 Å². The first-order chi connectivity index (χ1) is 9.06. The Morgan fingerprint density at radius 3 is 2.40 bits per heavy atom. The zero-order valence-electron chi connectivity index (χ0n) is 10.9. The third-order valence-electron chi connectivity index (χ3n) is 2.30. The van der Waals surface area contributed by atoms with Crippen LogP contribution in [0.2, 0.25) is 0 Å². The molecule has 0 saturated heterocycles. The summed E-state index contributed by atoms with van der Waals surface area (Å²) in [6.45, 7) is 1.41. The second kappa shape index (κ2) is 6.20. The molecule has 10 heteroatoms. The van der Waals surface area contributed by atoms with E-state index in [4.69, 9.17) is 5.11 Å². The van der Waals surface area contributed by atoms with Crippen molar-refractivity contribution >= 4 is 49.2 Å². The molecule has 0 bridgehead atoms. The lowest BCUT2D eigenvalue weighted by molar-refractivity contribution is -0.130. The van der Waals surface area contributed by atoms with Crippen molar-refractivity contribution in [1.29, 1.82) is 0 Å². The molecule has 0 aromatic carbocycles. The van der Waals surface area contributed by atoms with E-state index in [0.717, 1.165) is 17.4 Å². The van der Waals surface area contributed by atoms with Gasteiger partial charge in [0.15, 0.2) is 0 Å². The largest absolute Gasteiger partial charge is 0.477 e. The van der Waals surface area contributed by atoms with Gasteiger partial charge in [0, 0.05) is 14.1 Å². The number of aromatic carboxylic acids is 1. The Morgan fingerprint density at radius 2 is 2.00 bits per heavy atom. The highest BCUT2D eigenvalue weighted by molar-refractivity contribution is 9.11. The Hall–Kier alpha value is -0.970. The molecule has 20 heavy (non-hydrogen) atoms. The first-order valence-corrected chi connectivity index (χ1v) is 8.41. The molecule has 0 fully saturated rings. The highest BCUT2D eigenvalue weighted by atomic mass is 79.9. The van der Waals surface area contributed by atoms with Crippen LogP contribution >= 0.6 is 27.3 Å². The minimum atomic E-state index is -3.98. The maximum Gasteiger partial charge on any atom is 0.345 e. The van der Waals surface area contributed by atoms with Gasteiger partial charge < -0.3 is 10.0 Å². The molecule has 1 amide bonds. The summed E-state index contributed by atoms with van der Waals surface area (Å²) >= 11 is 3.81. The minimum Gasteiger partial charge on any atom is -0.477 e. The third-order valence-corrected chi connectivity index (χ3v) is 6.08. The lowest BCUT2D eigenvalue weighted by Crippen LogP contribution is -2.44. The highest BCUT2D eigenvalue weighted by Crippen LogP contribution is 2.31. The van der Waals surface area contributed by atoms with Crippen LogP contribution < -0.4 is 4.72 Å². The van der Waals surface area contributed by atoms with Crippen molar-refractivity contribution in [2.24, 2.45) is 0 Å². The van der Waals surface area contributed by atoms with E-state index in [0.29, 0.717) is 0 Å². The standard InChI is InChI=1S/C10H13BrN2O5S2/c1-5(9(14)13(2)3)12-20(17,18)7-4-6(10(15)16)19-8(7)11/h4-5,12H,1-3H3,(H,15,16). The zero-order chi connectivity index (χ0) is 15.7. The van der Waals surface area contributed by atoms with Crippen molar-refractivity contribution in [3.8, 4) is 0 Å². The lowest BCUT2D eigenvalue weighted by Gasteiger charge is -2.17. The van der Waals surface area contributed by atoms with Crippen LogP contribution in [-0.2, 0) is 14.8 Å². The number of rotatable bonds is 5. The summed E-state index contributed by atoms with van der Waals surface area (Å²) in [5.74, 6) is -1.62. The average molecular weight is 385 g/mol. The molecule has 1 aromatic heterocycles. The smallest absolute Gasteiger partial charge is 0.345 e. The number of carboxylic acids is 1. The summed E-state index contributed by atoms with van der Waals surface area (Å²) < 4.78 is 26.6. The van der Waals surface area contributed by atoms with Gasteiger partial charge in [0.2, 0.25) is 15.9 Å². The minimum absolute atomic E-state index is 0.108. The van der Waals surface area contributed by atoms with Crippen LogP contribution in [-0.4, -0.2) is 50.4 Å². The normalized spacial score (nSPS) is 13.0. The molecule has 0 radical (unpaired) electrons. The van der Waals surface area contributed by atoms with E-state index in [-0.39, 0.29) is 13.6 Å². The molecule has 1 heterocycles. The first-order valence-electron chi connectivity index (χ1n) is 5.32. The number of carbonyl (C=O) groups excluding carboxylic acids is 1. The van der Waals surface area contributed by atoms with Gasteiger partial charge in [-0.25, -0.2) is 13.2 Å². The maximum atomic E-state index is 12.1. The number of carbonyl (C=O) groups is 2. The summed E-state index contributed by atoms with van der Waals surface area (Å²) in [6, 6.07) is 0.0989. The van der Waals surface area contributed by atoms with Crippen molar-refractivity contribution in [2.45, 2.75) is 17.9 Å². The van der Waals surface area contributed by atoms with E-state index in [1.54, 1.807) is 0 Å². The molecule has 0 aliphatic carbocycles. The topological polar surface area (TPSA) is 104 Å². The Bertz CT molecular complexity index is 638. The predicted octanol–water partition coefficient (Wildman–Crippen LogP) is 0.964. The number of carboxylic acid groups (broad SMARTS) is 1. The number of thiophene rings is 1. The number of halogens is 1.